The van der Waals surface area contributed by atoms with Crippen LogP contribution in [0.4, 0.5) is 0 Å². The lowest BCUT2D eigenvalue weighted by Gasteiger charge is -2.22. The Bertz CT molecular complexity index is 1310. The predicted octanol–water partition coefficient (Wildman–Crippen LogP) is 2.59. The van der Waals surface area contributed by atoms with Gasteiger partial charge in [-0.3, -0.25) is 30.0 Å². The zero-order valence-corrected chi connectivity index (χ0v) is 21.0. The third-order valence-corrected chi connectivity index (χ3v) is 5.50. The molecule has 3 N–H and O–H groups in total. The second-order valence-corrected chi connectivity index (χ2v) is 8.83. The number of hydrazine groups is 1. The summed E-state index contributed by atoms with van der Waals surface area (Å²) in [5.41, 5.74) is 4.79. The zero-order valence-electron chi connectivity index (χ0n) is 21.0. The Balaban J connectivity index is 1.74. The second kappa shape index (κ2) is 11.5. The number of hydrogen-bond acceptors (Lipinski definition) is 6. The third kappa shape index (κ3) is 5.88. The number of nitrogens with zero attached hydrogens (tertiary/aromatic N) is 2. The van der Waals surface area contributed by atoms with E-state index in [0.717, 1.165) is 0 Å². The Hall–Kier alpha value is -4.21. The number of carbonyl (C=O) groups is 3. The van der Waals surface area contributed by atoms with Gasteiger partial charge in [0.1, 0.15) is 11.8 Å². The van der Waals surface area contributed by atoms with Crippen LogP contribution in [0.1, 0.15) is 61.5 Å². The van der Waals surface area contributed by atoms with Gasteiger partial charge in [0.15, 0.2) is 5.69 Å². The smallest absolute Gasteiger partial charge is 0.290 e. The molecule has 3 aromatic rings. The predicted molar refractivity (Wildman–Crippen MR) is 136 cm³/mol. The Labute approximate surface area is 209 Å². The highest BCUT2D eigenvalue weighted by Gasteiger charge is 2.26. The Morgan fingerprint density at radius 2 is 1.56 bits per heavy atom. The number of benzene rings is 2. The lowest BCUT2D eigenvalue weighted by Crippen LogP contribution is -2.54. The quantitative estimate of drug-likeness (QED) is 0.414. The van der Waals surface area contributed by atoms with Gasteiger partial charge in [0.05, 0.1) is 18.0 Å². The molecule has 2 aromatic carbocycles. The summed E-state index contributed by atoms with van der Waals surface area (Å²) in [6.45, 7) is 9.50. The van der Waals surface area contributed by atoms with Gasteiger partial charge in [0, 0.05) is 10.9 Å². The van der Waals surface area contributed by atoms with Gasteiger partial charge in [0.2, 0.25) is 0 Å². The number of nitrogens with one attached hydrogen (secondary N) is 3. The standard InChI is InChI=1S/C26H31N5O5/c1-6-36-18-13-11-17(12-14-18)23(32)27-21(15(2)3)24(33)28-29-25(34)22-19-9-7-8-10-20(19)26(35)31(30-22)16(4)5/h7-16,21H,6H2,1-5H3,(H,27,32)(H,28,33)(H,29,34)/t21-/m0/s1. The lowest BCUT2D eigenvalue weighted by molar-refractivity contribution is -0.124. The molecule has 0 unspecified atom stereocenters. The molecule has 0 fully saturated rings. The van der Waals surface area contributed by atoms with E-state index in [9.17, 15) is 19.2 Å². The van der Waals surface area contributed by atoms with Crippen molar-refractivity contribution in [3.05, 3.63) is 70.1 Å². The molecule has 0 radical (unpaired) electrons. The largest absolute Gasteiger partial charge is 0.494 e. The molecule has 0 saturated heterocycles. The molecular formula is C26H31N5O5. The Morgan fingerprint density at radius 1 is 0.917 bits per heavy atom. The molecule has 36 heavy (non-hydrogen) atoms. The minimum atomic E-state index is -0.918. The summed E-state index contributed by atoms with van der Waals surface area (Å²) >= 11 is 0. The maximum Gasteiger partial charge on any atom is 0.290 e. The molecule has 1 atom stereocenters. The first kappa shape index (κ1) is 26.4. The van der Waals surface area contributed by atoms with E-state index in [-0.39, 0.29) is 23.2 Å². The monoisotopic (exact) mass is 493 g/mol. The third-order valence-electron chi connectivity index (χ3n) is 5.50. The van der Waals surface area contributed by atoms with Crippen molar-refractivity contribution in [2.24, 2.45) is 5.92 Å². The van der Waals surface area contributed by atoms with Gasteiger partial charge < -0.3 is 10.1 Å². The van der Waals surface area contributed by atoms with E-state index in [4.69, 9.17) is 4.74 Å². The summed E-state index contributed by atoms with van der Waals surface area (Å²) in [7, 11) is 0. The van der Waals surface area contributed by atoms with Gasteiger partial charge in [-0.15, -0.1) is 0 Å². The number of amides is 3. The van der Waals surface area contributed by atoms with Gasteiger partial charge in [0.25, 0.3) is 23.3 Å². The van der Waals surface area contributed by atoms with Crippen molar-refractivity contribution in [2.45, 2.75) is 46.7 Å². The van der Waals surface area contributed by atoms with Crippen LogP contribution in [0.5, 0.6) is 5.75 Å². The van der Waals surface area contributed by atoms with Crippen LogP contribution in [-0.2, 0) is 4.79 Å². The molecule has 0 aliphatic heterocycles. The average molecular weight is 494 g/mol. The first-order valence-electron chi connectivity index (χ1n) is 11.8. The average Bonchev–Trinajstić information content (AvgIpc) is 2.86. The van der Waals surface area contributed by atoms with E-state index < -0.39 is 23.8 Å². The van der Waals surface area contributed by atoms with Crippen molar-refractivity contribution in [1.82, 2.24) is 25.9 Å². The second-order valence-electron chi connectivity index (χ2n) is 8.83. The minimum absolute atomic E-state index is 0.00118. The Kier molecular flexibility index (Phi) is 8.42. The van der Waals surface area contributed by atoms with Gasteiger partial charge in [-0.05, 0) is 57.0 Å². The SMILES string of the molecule is CCOc1ccc(C(=O)N[C@H](C(=O)NNC(=O)c2nn(C(C)C)c(=O)c3ccccc23)C(C)C)cc1. The normalized spacial score (nSPS) is 11.9. The van der Waals surface area contributed by atoms with Crippen molar-refractivity contribution < 1.29 is 19.1 Å². The zero-order chi connectivity index (χ0) is 26.4. The van der Waals surface area contributed by atoms with Crippen LogP contribution in [0.3, 0.4) is 0 Å². The lowest BCUT2D eigenvalue weighted by atomic mass is 10.0. The van der Waals surface area contributed by atoms with Gasteiger partial charge in [-0.25, -0.2) is 4.68 Å². The maximum atomic E-state index is 13.0. The van der Waals surface area contributed by atoms with Crippen LogP contribution in [0, 0.1) is 5.92 Å². The highest BCUT2D eigenvalue weighted by molar-refractivity contribution is 6.05. The van der Waals surface area contributed by atoms with Crippen LogP contribution in [-0.4, -0.2) is 40.2 Å². The molecule has 0 spiro atoms. The van der Waals surface area contributed by atoms with E-state index in [1.165, 1.54) is 4.68 Å². The van der Waals surface area contributed by atoms with Gasteiger partial charge >= 0.3 is 0 Å². The molecule has 0 bridgehead atoms. The van der Waals surface area contributed by atoms with Gasteiger partial charge in [-0.1, -0.05) is 32.0 Å². The molecule has 0 aliphatic carbocycles. The van der Waals surface area contributed by atoms with E-state index in [1.807, 2.05) is 6.92 Å². The van der Waals surface area contributed by atoms with Crippen molar-refractivity contribution >= 4 is 28.5 Å². The number of rotatable bonds is 8. The molecule has 0 saturated carbocycles. The molecule has 1 aromatic heterocycles. The van der Waals surface area contributed by atoms with Crippen molar-refractivity contribution in [2.75, 3.05) is 6.61 Å². The van der Waals surface area contributed by atoms with Gasteiger partial charge in [-0.2, -0.15) is 5.10 Å². The fraction of sp³-hybridized carbons (Fsp3) is 0.346. The van der Waals surface area contributed by atoms with E-state index in [2.05, 4.69) is 21.3 Å². The number of carbonyl (C=O) groups excluding carboxylic acids is 3. The van der Waals surface area contributed by atoms with Crippen molar-refractivity contribution in [1.29, 1.82) is 0 Å². The number of aromatic nitrogens is 2. The van der Waals surface area contributed by atoms with E-state index >= 15 is 0 Å². The summed E-state index contributed by atoms with van der Waals surface area (Å²) in [6, 6.07) is 12.0. The summed E-state index contributed by atoms with van der Waals surface area (Å²) in [6.07, 6.45) is 0. The molecule has 10 heteroatoms. The van der Waals surface area contributed by atoms with Crippen LogP contribution < -0.4 is 26.5 Å². The van der Waals surface area contributed by atoms with Crippen molar-refractivity contribution in [3.8, 4) is 5.75 Å². The van der Waals surface area contributed by atoms with Crippen LogP contribution in [0.25, 0.3) is 10.8 Å². The van der Waals surface area contributed by atoms with E-state index in [0.29, 0.717) is 28.7 Å². The summed E-state index contributed by atoms with van der Waals surface area (Å²) < 4.78 is 6.61. The molecule has 1 heterocycles. The summed E-state index contributed by atoms with van der Waals surface area (Å²) in [4.78, 5) is 51.3. The number of fused-ring (bicyclic) bond motifs is 1. The number of hydrogen-bond donors (Lipinski definition) is 3. The first-order valence-corrected chi connectivity index (χ1v) is 11.8. The topological polar surface area (TPSA) is 131 Å². The van der Waals surface area contributed by atoms with Crippen LogP contribution >= 0.6 is 0 Å². The molecular weight excluding hydrogens is 462 g/mol. The summed E-state index contributed by atoms with van der Waals surface area (Å²) in [5, 5.41) is 7.65. The van der Waals surface area contributed by atoms with Crippen LogP contribution in [0.15, 0.2) is 53.3 Å². The first-order chi connectivity index (χ1) is 17.1. The molecule has 10 nitrogen and oxygen atoms in total. The fourth-order valence-electron chi connectivity index (χ4n) is 3.61. The molecule has 190 valence electrons. The highest BCUT2D eigenvalue weighted by Crippen LogP contribution is 2.15. The maximum absolute atomic E-state index is 13.0. The highest BCUT2D eigenvalue weighted by atomic mass is 16.5. The molecule has 0 aliphatic rings. The fourth-order valence-corrected chi connectivity index (χ4v) is 3.61. The van der Waals surface area contributed by atoms with Crippen molar-refractivity contribution in [3.63, 3.8) is 0 Å². The molecule has 3 rings (SSSR count). The van der Waals surface area contributed by atoms with E-state index in [1.54, 1.807) is 76.2 Å². The number of ether oxygens (including phenoxy) is 1. The summed E-state index contributed by atoms with van der Waals surface area (Å²) in [5.74, 6) is -1.35. The van der Waals surface area contributed by atoms with Crippen LogP contribution in [0.2, 0.25) is 0 Å². The minimum Gasteiger partial charge on any atom is -0.494 e. The molecule has 3 amide bonds. The Morgan fingerprint density at radius 3 is 2.14 bits per heavy atom.